The van der Waals surface area contributed by atoms with Gasteiger partial charge >= 0.3 is 0 Å². The van der Waals surface area contributed by atoms with E-state index in [9.17, 15) is 13.2 Å². The Kier molecular flexibility index (Phi) is 6.14. The average Bonchev–Trinajstić information content (AvgIpc) is 2.72. The molecule has 3 rings (SSSR count). The highest BCUT2D eigenvalue weighted by molar-refractivity contribution is 7.89. The molecule has 156 valence electrons. The van der Waals surface area contributed by atoms with E-state index >= 15 is 0 Å². The van der Waals surface area contributed by atoms with E-state index in [0.29, 0.717) is 37.5 Å². The molecule has 1 fully saturated rings. The van der Waals surface area contributed by atoms with Crippen molar-refractivity contribution in [1.29, 1.82) is 0 Å². The van der Waals surface area contributed by atoms with Crippen LogP contribution >= 0.6 is 0 Å². The molecule has 1 aliphatic heterocycles. The number of carbonyl (C=O) groups excluding carboxylic acids is 1. The van der Waals surface area contributed by atoms with Gasteiger partial charge in [0.2, 0.25) is 10.0 Å². The summed E-state index contributed by atoms with van der Waals surface area (Å²) in [5.74, 6) is 0.804. The van der Waals surface area contributed by atoms with E-state index in [-0.39, 0.29) is 10.6 Å². The number of sulfonamides is 1. The Bertz CT molecular complexity index is 989. The number of ether oxygens (including phenoxy) is 2. The highest BCUT2D eigenvalue weighted by atomic mass is 32.2. The number of hydrogen-bond acceptors (Lipinski definition) is 6. The number of aldehydes is 1. The molecule has 0 atom stereocenters. The SMILES string of the molecule is COc1ccc(S(=O)(=O)N2CCN(c3c(C)cc(C=O)cc3C)CC2)c(OC)c1. The molecule has 8 heteroatoms. The zero-order valence-electron chi connectivity index (χ0n) is 17.1. The van der Waals surface area contributed by atoms with Gasteiger partial charge in [-0.05, 0) is 49.2 Å². The lowest BCUT2D eigenvalue weighted by Gasteiger charge is -2.37. The van der Waals surface area contributed by atoms with Crippen molar-refractivity contribution in [1.82, 2.24) is 4.31 Å². The van der Waals surface area contributed by atoms with E-state index in [1.807, 2.05) is 26.0 Å². The van der Waals surface area contributed by atoms with Gasteiger partial charge in [0.1, 0.15) is 22.7 Å². The van der Waals surface area contributed by atoms with Crippen molar-refractivity contribution in [3.8, 4) is 11.5 Å². The fourth-order valence-electron chi connectivity index (χ4n) is 3.84. The van der Waals surface area contributed by atoms with E-state index < -0.39 is 10.0 Å². The van der Waals surface area contributed by atoms with Crippen LogP contribution in [-0.2, 0) is 10.0 Å². The highest BCUT2D eigenvalue weighted by Gasteiger charge is 2.31. The van der Waals surface area contributed by atoms with Gasteiger partial charge in [0, 0.05) is 43.5 Å². The normalized spacial score (nSPS) is 15.2. The Balaban J connectivity index is 1.81. The van der Waals surface area contributed by atoms with Gasteiger partial charge in [0.15, 0.2) is 0 Å². The molecule has 0 amide bonds. The van der Waals surface area contributed by atoms with Crippen molar-refractivity contribution in [2.45, 2.75) is 18.7 Å². The lowest BCUT2D eigenvalue weighted by atomic mass is 10.0. The Morgan fingerprint density at radius 1 is 0.931 bits per heavy atom. The molecular formula is C21H26N2O5S. The molecular weight excluding hydrogens is 392 g/mol. The van der Waals surface area contributed by atoms with Gasteiger partial charge in [-0.15, -0.1) is 0 Å². The van der Waals surface area contributed by atoms with E-state index in [4.69, 9.17) is 9.47 Å². The number of methoxy groups -OCH3 is 2. The number of aryl methyl sites for hydroxylation is 2. The first-order valence-corrected chi connectivity index (χ1v) is 10.8. The Morgan fingerprint density at radius 2 is 1.55 bits per heavy atom. The monoisotopic (exact) mass is 418 g/mol. The van der Waals surface area contributed by atoms with Crippen molar-refractivity contribution >= 4 is 22.0 Å². The first kappa shape index (κ1) is 21.1. The lowest BCUT2D eigenvalue weighted by Crippen LogP contribution is -2.49. The van der Waals surface area contributed by atoms with Crippen LogP contribution in [0.15, 0.2) is 35.2 Å². The van der Waals surface area contributed by atoms with Crippen molar-refractivity contribution < 1.29 is 22.7 Å². The zero-order chi connectivity index (χ0) is 21.2. The molecule has 0 aromatic heterocycles. The molecule has 1 saturated heterocycles. The first-order valence-electron chi connectivity index (χ1n) is 9.35. The molecule has 29 heavy (non-hydrogen) atoms. The van der Waals surface area contributed by atoms with Gasteiger partial charge < -0.3 is 14.4 Å². The number of piperazine rings is 1. The van der Waals surface area contributed by atoms with Gasteiger partial charge in [-0.3, -0.25) is 4.79 Å². The molecule has 7 nitrogen and oxygen atoms in total. The van der Waals surface area contributed by atoms with E-state index in [1.54, 1.807) is 12.1 Å². The molecule has 0 bridgehead atoms. The second-order valence-corrected chi connectivity index (χ2v) is 8.94. The number of nitrogens with zero attached hydrogens (tertiary/aromatic N) is 2. The molecule has 2 aromatic rings. The van der Waals surface area contributed by atoms with Crippen LogP contribution in [0.25, 0.3) is 0 Å². The van der Waals surface area contributed by atoms with Gasteiger partial charge in [-0.25, -0.2) is 8.42 Å². The summed E-state index contributed by atoms with van der Waals surface area (Å²) in [5, 5.41) is 0. The first-order chi connectivity index (χ1) is 13.8. The molecule has 0 N–H and O–H groups in total. The van der Waals surface area contributed by atoms with Crippen LogP contribution < -0.4 is 14.4 Å². The molecule has 1 heterocycles. The van der Waals surface area contributed by atoms with E-state index in [2.05, 4.69) is 4.90 Å². The van der Waals surface area contributed by atoms with Crippen LogP contribution in [0.3, 0.4) is 0 Å². The molecule has 0 aliphatic carbocycles. The fraction of sp³-hybridized carbons (Fsp3) is 0.381. The summed E-state index contributed by atoms with van der Waals surface area (Å²) in [6.07, 6.45) is 0.844. The summed E-state index contributed by atoms with van der Waals surface area (Å²) < 4.78 is 38.3. The molecule has 0 radical (unpaired) electrons. The minimum Gasteiger partial charge on any atom is -0.497 e. The van der Waals surface area contributed by atoms with Crippen LogP contribution in [0.5, 0.6) is 11.5 Å². The predicted octanol–water partition coefficient (Wildman–Crippen LogP) is 2.64. The minimum absolute atomic E-state index is 0.136. The van der Waals surface area contributed by atoms with Crippen LogP contribution in [0.1, 0.15) is 21.5 Å². The summed E-state index contributed by atoms with van der Waals surface area (Å²) in [6, 6.07) is 8.44. The number of rotatable bonds is 6. The summed E-state index contributed by atoms with van der Waals surface area (Å²) in [4.78, 5) is 13.4. The maximum Gasteiger partial charge on any atom is 0.246 e. The third-order valence-corrected chi connectivity index (χ3v) is 7.13. The molecule has 0 saturated carbocycles. The fourth-order valence-corrected chi connectivity index (χ4v) is 5.39. The van der Waals surface area contributed by atoms with Gasteiger partial charge in [-0.2, -0.15) is 4.31 Å². The van der Waals surface area contributed by atoms with E-state index in [0.717, 1.165) is 23.1 Å². The molecule has 1 aliphatic rings. The Labute approximate surface area is 171 Å². The summed E-state index contributed by atoms with van der Waals surface area (Å²) in [5.41, 5.74) is 3.74. The molecule has 0 unspecified atom stereocenters. The average molecular weight is 419 g/mol. The second-order valence-electron chi connectivity index (χ2n) is 7.03. The van der Waals surface area contributed by atoms with Crippen molar-refractivity contribution in [3.05, 3.63) is 47.0 Å². The van der Waals surface area contributed by atoms with Crippen LogP contribution in [0, 0.1) is 13.8 Å². The van der Waals surface area contributed by atoms with Crippen LogP contribution in [-0.4, -0.2) is 59.4 Å². The number of hydrogen-bond donors (Lipinski definition) is 0. The van der Waals surface area contributed by atoms with Crippen molar-refractivity contribution in [2.75, 3.05) is 45.3 Å². The van der Waals surface area contributed by atoms with Gasteiger partial charge in [-0.1, -0.05) is 0 Å². The zero-order valence-corrected chi connectivity index (χ0v) is 18.0. The van der Waals surface area contributed by atoms with E-state index in [1.165, 1.54) is 24.6 Å². The second kappa shape index (κ2) is 8.42. The standard InChI is InChI=1S/C21H26N2O5S/c1-15-11-17(14-24)12-16(2)21(15)22-7-9-23(10-8-22)29(25,26)20-6-5-18(27-3)13-19(20)28-4/h5-6,11-14H,7-10H2,1-4H3. The smallest absolute Gasteiger partial charge is 0.246 e. The van der Waals surface area contributed by atoms with Crippen molar-refractivity contribution in [3.63, 3.8) is 0 Å². The quantitative estimate of drug-likeness (QED) is 0.672. The summed E-state index contributed by atoms with van der Waals surface area (Å²) in [7, 11) is -0.720. The Hall–Kier alpha value is -2.58. The third kappa shape index (κ3) is 4.09. The molecule has 2 aromatic carbocycles. The maximum atomic E-state index is 13.2. The van der Waals surface area contributed by atoms with Crippen LogP contribution in [0.2, 0.25) is 0 Å². The highest BCUT2D eigenvalue weighted by Crippen LogP contribution is 2.32. The number of benzene rings is 2. The van der Waals surface area contributed by atoms with Gasteiger partial charge in [0.25, 0.3) is 0 Å². The maximum absolute atomic E-state index is 13.2. The van der Waals surface area contributed by atoms with Gasteiger partial charge in [0.05, 0.1) is 14.2 Å². The third-order valence-electron chi connectivity index (χ3n) is 5.19. The molecule has 0 spiro atoms. The number of carbonyl (C=O) groups is 1. The van der Waals surface area contributed by atoms with Crippen molar-refractivity contribution in [2.24, 2.45) is 0 Å². The Morgan fingerprint density at radius 3 is 2.07 bits per heavy atom. The topological polar surface area (TPSA) is 76.2 Å². The minimum atomic E-state index is -3.69. The lowest BCUT2D eigenvalue weighted by molar-refractivity contribution is 0.112. The number of anilines is 1. The largest absolute Gasteiger partial charge is 0.497 e. The summed E-state index contributed by atoms with van der Waals surface area (Å²) in [6.45, 7) is 5.82. The van der Waals surface area contributed by atoms with Crippen LogP contribution in [0.4, 0.5) is 5.69 Å². The summed E-state index contributed by atoms with van der Waals surface area (Å²) >= 11 is 0. The predicted molar refractivity (Wildman–Crippen MR) is 112 cm³/mol.